The van der Waals surface area contributed by atoms with Crippen molar-refractivity contribution in [1.82, 2.24) is 15.0 Å². The first-order chi connectivity index (χ1) is 7.24. The van der Waals surface area contributed by atoms with Gasteiger partial charge in [-0.25, -0.2) is 5.43 Å². The van der Waals surface area contributed by atoms with Crippen LogP contribution in [0.1, 0.15) is 22.2 Å². The molecule has 0 fully saturated rings. The Morgan fingerprint density at radius 1 is 1.53 bits per heavy atom. The molecule has 0 saturated heterocycles. The maximum atomic E-state index is 5.58. The molecule has 0 bridgehead atoms. The monoisotopic (exact) mass is 304 g/mol. The van der Waals surface area contributed by atoms with Gasteiger partial charge in [-0.1, -0.05) is 4.49 Å². The molecule has 1 unspecified atom stereocenters. The summed E-state index contributed by atoms with van der Waals surface area (Å²) in [5.74, 6) is 5.58. The van der Waals surface area contributed by atoms with E-state index in [4.69, 9.17) is 5.84 Å². The van der Waals surface area contributed by atoms with E-state index in [1.165, 1.54) is 11.5 Å². The molecule has 2 aromatic rings. The SMILES string of the molecule is Cc1nnsc1C(NN)c1cscc1Br. The van der Waals surface area contributed by atoms with Crippen molar-refractivity contribution in [2.45, 2.75) is 13.0 Å². The summed E-state index contributed by atoms with van der Waals surface area (Å²) in [6.07, 6.45) is 0. The van der Waals surface area contributed by atoms with E-state index in [9.17, 15) is 0 Å². The summed E-state index contributed by atoms with van der Waals surface area (Å²) >= 11 is 6.50. The van der Waals surface area contributed by atoms with Crippen LogP contribution in [0.3, 0.4) is 0 Å². The highest BCUT2D eigenvalue weighted by atomic mass is 79.9. The van der Waals surface area contributed by atoms with Gasteiger partial charge in [0.1, 0.15) is 0 Å². The first-order valence-corrected chi connectivity index (χ1v) is 6.71. The van der Waals surface area contributed by atoms with E-state index in [1.54, 1.807) is 11.3 Å². The van der Waals surface area contributed by atoms with E-state index in [-0.39, 0.29) is 6.04 Å². The molecule has 3 N–H and O–H groups in total. The zero-order chi connectivity index (χ0) is 10.8. The minimum absolute atomic E-state index is 0.0365. The number of aryl methyl sites for hydroxylation is 1. The molecule has 0 spiro atoms. The van der Waals surface area contributed by atoms with Crippen molar-refractivity contribution < 1.29 is 0 Å². The Balaban J connectivity index is 2.41. The second-order valence-corrected chi connectivity index (χ2v) is 5.38. The van der Waals surface area contributed by atoms with Crippen LogP contribution in [0.5, 0.6) is 0 Å². The summed E-state index contributed by atoms with van der Waals surface area (Å²) in [7, 11) is 0. The summed E-state index contributed by atoms with van der Waals surface area (Å²) in [6.45, 7) is 1.93. The van der Waals surface area contributed by atoms with E-state index in [2.05, 4.69) is 36.3 Å². The van der Waals surface area contributed by atoms with Crippen molar-refractivity contribution in [2.75, 3.05) is 0 Å². The molecule has 1 atom stereocenters. The predicted molar refractivity (Wildman–Crippen MR) is 65.8 cm³/mol. The van der Waals surface area contributed by atoms with Crippen LogP contribution in [0.15, 0.2) is 15.2 Å². The van der Waals surface area contributed by atoms with Crippen LogP contribution in [-0.2, 0) is 0 Å². The lowest BCUT2D eigenvalue weighted by molar-refractivity contribution is 0.641. The normalized spacial score (nSPS) is 13.0. The van der Waals surface area contributed by atoms with E-state index in [1.807, 2.05) is 12.3 Å². The number of nitrogens with two attached hydrogens (primary N) is 1. The van der Waals surface area contributed by atoms with Gasteiger partial charge in [-0.3, -0.25) is 5.84 Å². The van der Waals surface area contributed by atoms with Gasteiger partial charge in [0.25, 0.3) is 0 Å². The summed E-state index contributed by atoms with van der Waals surface area (Å²) in [4.78, 5) is 1.05. The third-order valence-corrected chi connectivity index (χ3v) is 4.71. The molecule has 7 heteroatoms. The molecule has 0 radical (unpaired) electrons. The van der Waals surface area contributed by atoms with Crippen molar-refractivity contribution in [3.63, 3.8) is 0 Å². The van der Waals surface area contributed by atoms with Crippen LogP contribution in [0.4, 0.5) is 0 Å². The molecule has 4 nitrogen and oxygen atoms in total. The summed E-state index contributed by atoms with van der Waals surface area (Å²) in [6, 6.07) is -0.0365. The van der Waals surface area contributed by atoms with E-state index in [0.29, 0.717) is 0 Å². The lowest BCUT2D eigenvalue weighted by Crippen LogP contribution is -2.28. The van der Waals surface area contributed by atoms with E-state index < -0.39 is 0 Å². The quantitative estimate of drug-likeness (QED) is 0.674. The van der Waals surface area contributed by atoms with Crippen LogP contribution >= 0.6 is 38.8 Å². The van der Waals surface area contributed by atoms with Crippen molar-refractivity contribution in [2.24, 2.45) is 5.84 Å². The summed E-state index contributed by atoms with van der Waals surface area (Å²) in [5, 5.41) is 8.08. The van der Waals surface area contributed by atoms with Gasteiger partial charge >= 0.3 is 0 Å². The van der Waals surface area contributed by atoms with Crippen molar-refractivity contribution in [3.05, 3.63) is 31.4 Å². The van der Waals surface area contributed by atoms with Crippen molar-refractivity contribution in [1.29, 1.82) is 0 Å². The molecule has 2 rings (SSSR count). The third kappa shape index (κ3) is 2.11. The molecule has 0 saturated carbocycles. The number of thiophene rings is 1. The highest BCUT2D eigenvalue weighted by Gasteiger charge is 2.20. The molecule has 2 heterocycles. The molecular formula is C8H9BrN4S2. The van der Waals surface area contributed by atoms with Gasteiger partial charge in [0.05, 0.1) is 16.6 Å². The van der Waals surface area contributed by atoms with Crippen LogP contribution < -0.4 is 11.3 Å². The molecule has 80 valence electrons. The number of rotatable bonds is 3. The summed E-state index contributed by atoms with van der Waals surface area (Å²) < 4.78 is 4.97. The van der Waals surface area contributed by atoms with Crippen LogP contribution in [-0.4, -0.2) is 9.59 Å². The molecule has 2 aromatic heterocycles. The van der Waals surface area contributed by atoms with Gasteiger partial charge in [-0.05, 0) is 39.8 Å². The van der Waals surface area contributed by atoms with Gasteiger partial charge in [0, 0.05) is 15.4 Å². The number of hydrogen-bond acceptors (Lipinski definition) is 6. The smallest absolute Gasteiger partial charge is 0.0856 e. The number of hydrazine groups is 1. The fraction of sp³-hybridized carbons (Fsp3) is 0.250. The first kappa shape index (κ1) is 11.2. The molecule has 0 aliphatic carbocycles. The number of aromatic nitrogens is 2. The van der Waals surface area contributed by atoms with Crippen LogP contribution in [0, 0.1) is 6.92 Å². The fourth-order valence-electron chi connectivity index (χ4n) is 1.31. The molecule has 0 aliphatic rings. The number of nitrogens with zero attached hydrogens (tertiary/aromatic N) is 2. The third-order valence-electron chi connectivity index (χ3n) is 2.07. The topological polar surface area (TPSA) is 63.8 Å². The van der Waals surface area contributed by atoms with Gasteiger partial charge in [-0.15, -0.1) is 5.10 Å². The Kier molecular flexibility index (Phi) is 3.47. The maximum absolute atomic E-state index is 5.58. The Bertz CT molecular complexity index is 413. The van der Waals surface area contributed by atoms with Crippen molar-refractivity contribution >= 4 is 38.8 Å². The van der Waals surface area contributed by atoms with Crippen LogP contribution in [0.25, 0.3) is 0 Å². The standard InChI is InChI=1S/C8H9BrN4S2/c1-4-8(15-13-12-4)7(11-10)5-2-14-3-6(5)9/h2-3,7,11H,10H2,1H3. The Hall–Kier alpha value is -0.340. The molecule has 0 aliphatic heterocycles. The molecule has 15 heavy (non-hydrogen) atoms. The van der Waals surface area contributed by atoms with Gasteiger partial charge in [-0.2, -0.15) is 11.3 Å². The Morgan fingerprint density at radius 2 is 2.33 bits per heavy atom. The first-order valence-electron chi connectivity index (χ1n) is 4.20. The zero-order valence-electron chi connectivity index (χ0n) is 7.90. The number of halogens is 1. The number of nitrogens with one attached hydrogen (secondary N) is 1. The number of hydrogen-bond donors (Lipinski definition) is 2. The largest absolute Gasteiger partial charge is 0.271 e. The van der Waals surface area contributed by atoms with Gasteiger partial charge in [0.15, 0.2) is 0 Å². The minimum atomic E-state index is -0.0365. The average molecular weight is 305 g/mol. The average Bonchev–Trinajstić information content (AvgIpc) is 2.80. The lowest BCUT2D eigenvalue weighted by atomic mass is 10.1. The van der Waals surface area contributed by atoms with E-state index >= 15 is 0 Å². The molecular weight excluding hydrogens is 296 g/mol. The second kappa shape index (κ2) is 4.67. The zero-order valence-corrected chi connectivity index (χ0v) is 11.1. The van der Waals surface area contributed by atoms with Gasteiger partial charge < -0.3 is 0 Å². The Labute approximate surface area is 104 Å². The minimum Gasteiger partial charge on any atom is -0.271 e. The summed E-state index contributed by atoms with van der Waals surface area (Å²) in [5.41, 5.74) is 4.84. The molecule has 0 amide bonds. The van der Waals surface area contributed by atoms with Crippen LogP contribution in [0.2, 0.25) is 0 Å². The maximum Gasteiger partial charge on any atom is 0.0856 e. The molecule has 0 aromatic carbocycles. The Morgan fingerprint density at radius 3 is 2.80 bits per heavy atom. The predicted octanol–water partition coefficient (Wildman–Crippen LogP) is 2.22. The second-order valence-electron chi connectivity index (χ2n) is 3.00. The van der Waals surface area contributed by atoms with Gasteiger partial charge in [0.2, 0.25) is 0 Å². The van der Waals surface area contributed by atoms with Crippen molar-refractivity contribution in [3.8, 4) is 0 Å². The van der Waals surface area contributed by atoms with E-state index in [0.717, 1.165) is 20.6 Å². The highest BCUT2D eigenvalue weighted by molar-refractivity contribution is 9.10. The fourth-order valence-corrected chi connectivity index (χ4v) is 3.58. The lowest BCUT2D eigenvalue weighted by Gasteiger charge is -2.13. The highest BCUT2D eigenvalue weighted by Crippen LogP contribution is 2.33.